The number of hydrogen-bond donors (Lipinski definition) is 2. The van der Waals surface area contributed by atoms with Gasteiger partial charge in [0, 0.05) is 0 Å². The predicted octanol–water partition coefficient (Wildman–Crippen LogP) is 0.794. The number of aliphatic carboxylic acids is 1. The number of benzene rings is 1. The first kappa shape index (κ1) is 12.1. The summed E-state index contributed by atoms with van der Waals surface area (Å²) in [5, 5.41) is 16.0. The van der Waals surface area contributed by atoms with Gasteiger partial charge in [0.2, 0.25) is 0 Å². The van der Waals surface area contributed by atoms with Crippen molar-refractivity contribution >= 4 is 17.0 Å². The molecule has 0 aliphatic heterocycles. The average Bonchev–Trinajstić information content (AvgIpc) is 2.92. The number of aromatic amines is 1. The maximum Gasteiger partial charge on any atom is 0.331 e. The number of rotatable bonds is 3. The molecule has 1 unspecified atom stereocenters. The van der Waals surface area contributed by atoms with Gasteiger partial charge in [-0.25, -0.2) is 9.78 Å². The molecule has 1 aromatic carbocycles. The van der Waals surface area contributed by atoms with Gasteiger partial charge in [0.25, 0.3) is 5.56 Å². The number of carboxylic acids is 1. The zero-order valence-electron chi connectivity index (χ0n) is 10.2. The molecular weight excluding hydrogens is 260 g/mol. The topological polar surface area (TPSA) is 101 Å². The lowest BCUT2D eigenvalue weighted by Crippen LogP contribution is -2.30. The van der Waals surface area contributed by atoms with Gasteiger partial charge in [-0.1, -0.05) is 30.3 Å². The number of nitrogens with zero attached hydrogens (tertiary/aromatic N) is 3. The van der Waals surface area contributed by atoms with Crippen LogP contribution in [0.2, 0.25) is 0 Å². The van der Waals surface area contributed by atoms with E-state index in [2.05, 4.69) is 15.2 Å². The number of carbonyl (C=O) groups is 1. The van der Waals surface area contributed by atoms with Crippen molar-refractivity contribution in [1.82, 2.24) is 19.7 Å². The summed E-state index contributed by atoms with van der Waals surface area (Å²) < 4.78 is 1.09. The molecular formula is C13H10N4O3. The molecule has 0 aliphatic rings. The molecule has 1 atom stereocenters. The molecule has 2 N–H and O–H groups in total. The van der Waals surface area contributed by atoms with Gasteiger partial charge < -0.3 is 5.11 Å². The zero-order chi connectivity index (χ0) is 14.1. The van der Waals surface area contributed by atoms with Crippen LogP contribution in [0.5, 0.6) is 0 Å². The summed E-state index contributed by atoms with van der Waals surface area (Å²) in [7, 11) is 0. The Labute approximate surface area is 112 Å². The first-order valence-electron chi connectivity index (χ1n) is 5.86. The van der Waals surface area contributed by atoms with Crippen molar-refractivity contribution in [2.75, 3.05) is 0 Å². The molecule has 0 radical (unpaired) electrons. The van der Waals surface area contributed by atoms with E-state index in [4.69, 9.17) is 0 Å². The minimum absolute atomic E-state index is 0.259. The molecule has 20 heavy (non-hydrogen) atoms. The van der Waals surface area contributed by atoms with E-state index in [1.165, 1.54) is 12.5 Å². The Morgan fingerprint density at radius 1 is 1.30 bits per heavy atom. The third-order valence-corrected chi connectivity index (χ3v) is 3.02. The van der Waals surface area contributed by atoms with Crippen LogP contribution in [0.4, 0.5) is 0 Å². The Bertz CT molecular complexity index is 822. The smallest absolute Gasteiger partial charge is 0.331 e. The molecule has 0 amide bonds. The van der Waals surface area contributed by atoms with Crippen molar-refractivity contribution in [1.29, 1.82) is 0 Å². The van der Waals surface area contributed by atoms with Crippen molar-refractivity contribution < 1.29 is 9.90 Å². The van der Waals surface area contributed by atoms with E-state index in [1.807, 2.05) is 0 Å². The molecule has 2 aromatic heterocycles. The second kappa shape index (κ2) is 4.61. The van der Waals surface area contributed by atoms with E-state index in [-0.39, 0.29) is 5.39 Å². The fraction of sp³-hybridized carbons (Fsp3) is 0.0769. The van der Waals surface area contributed by atoms with Gasteiger partial charge in [0.1, 0.15) is 11.7 Å². The molecule has 0 saturated heterocycles. The molecule has 2 heterocycles. The van der Waals surface area contributed by atoms with Crippen LogP contribution in [0, 0.1) is 0 Å². The fourth-order valence-electron chi connectivity index (χ4n) is 2.09. The van der Waals surface area contributed by atoms with Crippen LogP contribution in [0.1, 0.15) is 11.6 Å². The maximum absolute atomic E-state index is 12.3. The molecule has 0 bridgehead atoms. The van der Waals surface area contributed by atoms with Crippen molar-refractivity contribution in [2.24, 2.45) is 0 Å². The van der Waals surface area contributed by atoms with Gasteiger partial charge in [0.15, 0.2) is 11.7 Å². The van der Waals surface area contributed by atoms with E-state index in [0.29, 0.717) is 11.2 Å². The van der Waals surface area contributed by atoms with Crippen LogP contribution >= 0.6 is 0 Å². The largest absolute Gasteiger partial charge is 0.479 e. The predicted molar refractivity (Wildman–Crippen MR) is 70.4 cm³/mol. The molecule has 7 nitrogen and oxygen atoms in total. The molecule has 3 aromatic rings. The van der Waals surface area contributed by atoms with E-state index in [9.17, 15) is 14.7 Å². The van der Waals surface area contributed by atoms with Gasteiger partial charge in [0.05, 0.1) is 6.20 Å². The molecule has 0 saturated carbocycles. The lowest BCUT2D eigenvalue weighted by molar-refractivity contribution is -0.139. The molecule has 100 valence electrons. The Morgan fingerprint density at radius 2 is 2.05 bits per heavy atom. The van der Waals surface area contributed by atoms with Gasteiger partial charge in [-0.2, -0.15) is 5.10 Å². The lowest BCUT2D eigenvalue weighted by Gasteiger charge is -2.15. The Balaban J connectivity index is 2.23. The lowest BCUT2D eigenvalue weighted by atomic mass is 10.1. The maximum atomic E-state index is 12.3. The first-order valence-corrected chi connectivity index (χ1v) is 5.86. The number of nitrogens with one attached hydrogen (secondary N) is 1. The molecule has 7 heteroatoms. The SMILES string of the molecule is O=C(O)C(c1ccccc1)n1cnc2[nH]ncc2c1=O. The summed E-state index contributed by atoms with van der Waals surface area (Å²) in [6.45, 7) is 0. The van der Waals surface area contributed by atoms with E-state index in [1.54, 1.807) is 30.3 Å². The Kier molecular flexibility index (Phi) is 2.79. The van der Waals surface area contributed by atoms with Gasteiger partial charge in [-0.3, -0.25) is 14.5 Å². The van der Waals surface area contributed by atoms with Gasteiger partial charge in [-0.15, -0.1) is 0 Å². The summed E-state index contributed by atoms with van der Waals surface area (Å²) in [6.07, 6.45) is 2.56. The number of hydrogen-bond acceptors (Lipinski definition) is 4. The summed E-state index contributed by atoms with van der Waals surface area (Å²) in [4.78, 5) is 27.8. The second-order valence-corrected chi connectivity index (χ2v) is 4.24. The number of carboxylic acid groups (broad SMARTS) is 1. The van der Waals surface area contributed by atoms with Crippen LogP contribution in [0.15, 0.2) is 47.7 Å². The van der Waals surface area contributed by atoms with Crippen molar-refractivity contribution in [3.63, 3.8) is 0 Å². The number of fused-ring (bicyclic) bond motifs is 1. The number of aromatic nitrogens is 4. The second-order valence-electron chi connectivity index (χ2n) is 4.24. The minimum Gasteiger partial charge on any atom is -0.479 e. The first-order chi connectivity index (χ1) is 9.68. The third kappa shape index (κ3) is 1.85. The van der Waals surface area contributed by atoms with Crippen molar-refractivity contribution in [3.05, 3.63) is 58.8 Å². The minimum atomic E-state index is -1.12. The van der Waals surface area contributed by atoms with Crippen molar-refractivity contribution in [2.45, 2.75) is 6.04 Å². The zero-order valence-corrected chi connectivity index (χ0v) is 10.2. The summed E-state index contributed by atoms with van der Waals surface area (Å²) >= 11 is 0. The van der Waals surface area contributed by atoms with Gasteiger partial charge in [-0.05, 0) is 5.56 Å². The fourth-order valence-corrected chi connectivity index (χ4v) is 2.09. The highest BCUT2D eigenvalue weighted by molar-refractivity contribution is 5.77. The van der Waals surface area contributed by atoms with Crippen LogP contribution in [0.25, 0.3) is 11.0 Å². The summed E-state index contributed by atoms with van der Waals surface area (Å²) in [5.74, 6) is -1.12. The Morgan fingerprint density at radius 3 is 2.75 bits per heavy atom. The summed E-state index contributed by atoms with van der Waals surface area (Å²) in [6, 6.07) is 7.42. The van der Waals surface area contributed by atoms with Gasteiger partial charge >= 0.3 is 5.97 Å². The summed E-state index contributed by atoms with van der Waals surface area (Å²) in [5.41, 5.74) is 0.398. The molecule has 0 fully saturated rings. The van der Waals surface area contributed by atoms with E-state index in [0.717, 1.165) is 4.57 Å². The standard InChI is InChI=1S/C13H10N4O3/c18-12-9-6-15-16-11(9)14-7-17(12)10(13(19)20)8-4-2-1-3-5-8/h1-7,10H,(H,15,16)(H,19,20). The number of H-pyrrole nitrogens is 1. The van der Waals surface area contributed by atoms with Crippen LogP contribution < -0.4 is 5.56 Å². The average molecular weight is 270 g/mol. The highest BCUT2D eigenvalue weighted by Crippen LogP contribution is 2.17. The molecule has 3 rings (SSSR count). The Hall–Kier alpha value is -2.96. The van der Waals surface area contributed by atoms with Crippen LogP contribution in [-0.4, -0.2) is 30.8 Å². The highest BCUT2D eigenvalue weighted by Gasteiger charge is 2.24. The van der Waals surface area contributed by atoms with Crippen molar-refractivity contribution in [3.8, 4) is 0 Å². The third-order valence-electron chi connectivity index (χ3n) is 3.02. The van der Waals surface area contributed by atoms with Crippen LogP contribution in [0.3, 0.4) is 0 Å². The quantitative estimate of drug-likeness (QED) is 0.732. The van der Waals surface area contributed by atoms with E-state index < -0.39 is 17.6 Å². The molecule has 0 aliphatic carbocycles. The normalized spacial score (nSPS) is 12.4. The highest BCUT2D eigenvalue weighted by atomic mass is 16.4. The monoisotopic (exact) mass is 270 g/mol. The van der Waals surface area contributed by atoms with Crippen LogP contribution in [-0.2, 0) is 4.79 Å². The molecule has 0 spiro atoms. The van der Waals surface area contributed by atoms with E-state index >= 15 is 0 Å².